The minimum absolute atomic E-state index is 0.187. The zero-order chi connectivity index (χ0) is 11.8. The highest BCUT2D eigenvalue weighted by Gasteiger charge is 2.16. The van der Waals surface area contributed by atoms with Crippen LogP contribution >= 0.6 is 0 Å². The molecule has 0 unspecified atom stereocenters. The monoisotopic (exact) mass is 222 g/mol. The summed E-state index contributed by atoms with van der Waals surface area (Å²) in [6.45, 7) is 6.19. The first-order valence-corrected chi connectivity index (χ1v) is 5.62. The molecule has 3 heteroatoms. The lowest BCUT2D eigenvalue weighted by molar-refractivity contribution is 0.0933. The van der Waals surface area contributed by atoms with Gasteiger partial charge in [0.1, 0.15) is 5.75 Å². The molecule has 3 nitrogen and oxygen atoms in total. The van der Waals surface area contributed by atoms with Crippen LogP contribution in [0.15, 0.2) is 24.3 Å². The van der Waals surface area contributed by atoms with Crippen LogP contribution in [0.2, 0.25) is 0 Å². The molecule has 1 aromatic carbocycles. The van der Waals surface area contributed by atoms with E-state index >= 15 is 0 Å². The smallest absolute Gasteiger partial charge is 0.169 e. The van der Waals surface area contributed by atoms with Gasteiger partial charge in [-0.25, -0.2) is 0 Å². The summed E-state index contributed by atoms with van der Waals surface area (Å²) in [5.74, 6) is 0.913. The average Bonchev–Trinajstić information content (AvgIpc) is 2.32. The average molecular weight is 222 g/mol. The van der Waals surface area contributed by atoms with Crippen LogP contribution < -0.4 is 4.74 Å². The summed E-state index contributed by atoms with van der Waals surface area (Å²) < 4.78 is 10.1. The second kappa shape index (κ2) is 7.01. The molecule has 0 atom stereocenters. The Morgan fingerprint density at radius 2 is 1.94 bits per heavy atom. The number of Topliss-reactive ketones (excluding diaryl/α,β-unsaturated/α-hetero) is 1. The fraction of sp³-hybridized carbons (Fsp3) is 0.462. The van der Waals surface area contributed by atoms with Crippen molar-refractivity contribution in [2.45, 2.75) is 20.3 Å². The van der Waals surface area contributed by atoms with Gasteiger partial charge in [0.25, 0.3) is 0 Å². The normalized spacial score (nSPS) is 13.2. The molecule has 0 spiro atoms. The standard InChI is InChI=1S/C9H8O2.C4H10O/c10-8-5-6-11-9-4-2-1-3-7(8)9;1-3-5-4-2/h1-4H,5-6H2;3-4H2,1-2H3. The highest BCUT2D eigenvalue weighted by atomic mass is 16.5. The van der Waals surface area contributed by atoms with Gasteiger partial charge in [0.05, 0.1) is 12.2 Å². The zero-order valence-corrected chi connectivity index (χ0v) is 9.86. The minimum Gasteiger partial charge on any atom is -0.492 e. The Bertz CT molecular complexity index is 332. The molecule has 0 saturated carbocycles. The van der Waals surface area contributed by atoms with Crippen molar-refractivity contribution in [1.82, 2.24) is 0 Å². The molecule has 0 fully saturated rings. The summed E-state index contributed by atoms with van der Waals surface area (Å²) in [7, 11) is 0. The largest absolute Gasteiger partial charge is 0.492 e. The molecule has 2 rings (SSSR count). The number of fused-ring (bicyclic) bond motifs is 1. The van der Waals surface area contributed by atoms with E-state index in [1.54, 1.807) is 6.07 Å². The van der Waals surface area contributed by atoms with E-state index < -0.39 is 0 Å². The molecule has 0 aromatic heterocycles. The molecule has 1 aliphatic rings. The van der Waals surface area contributed by atoms with Crippen molar-refractivity contribution in [1.29, 1.82) is 0 Å². The predicted octanol–water partition coefficient (Wildman–Crippen LogP) is 2.69. The van der Waals surface area contributed by atoms with Gasteiger partial charge < -0.3 is 9.47 Å². The second-order valence-electron chi connectivity index (χ2n) is 3.30. The van der Waals surface area contributed by atoms with Crippen molar-refractivity contribution in [2.75, 3.05) is 19.8 Å². The fourth-order valence-electron chi connectivity index (χ4n) is 1.42. The molecule has 0 bridgehead atoms. The Morgan fingerprint density at radius 1 is 1.25 bits per heavy atom. The summed E-state index contributed by atoms with van der Waals surface area (Å²) >= 11 is 0. The lowest BCUT2D eigenvalue weighted by Crippen LogP contribution is -2.14. The number of benzene rings is 1. The van der Waals surface area contributed by atoms with Gasteiger partial charge in [0, 0.05) is 19.6 Å². The van der Waals surface area contributed by atoms with E-state index in [1.165, 1.54) is 0 Å². The molecular weight excluding hydrogens is 204 g/mol. The first-order chi connectivity index (χ1) is 7.79. The van der Waals surface area contributed by atoms with Crippen molar-refractivity contribution >= 4 is 5.78 Å². The van der Waals surface area contributed by atoms with Crippen LogP contribution in [0.4, 0.5) is 0 Å². The van der Waals surface area contributed by atoms with Gasteiger partial charge in [-0.05, 0) is 26.0 Å². The number of hydrogen-bond donors (Lipinski definition) is 0. The maximum Gasteiger partial charge on any atom is 0.169 e. The summed E-state index contributed by atoms with van der Waals surface area (Å²) in [5, 5.41) is 0. The lowest BCUT2D eigenvalue weighted by atomic mass is 10.1. The van der Waals surface area contributed by atoms with Crippen molar-refractivity contribution in [3.8, 4) is 5.75 Å². The Hall–Kier alpha value is -1.35. The third kappa shape index (κ3) is 3.66. The second-order valence-corrected chi connectivity index (χ2v) is 3.30. The number of ether oxygens (including phenoxy) is 2. The van der Waals surface area contributed by atoms with Crippen molar-refractivity contribution in [2.24, 2.45) is 0 Å². The zero-order valence-electron chi connectivity index (χ0n) is 9.86. The Kier molecular flexibility index (Phi) is 5.57. The van der Waals surface area contributed by atoms with E-state index in [2.05, 4.69) is 0 Å². The van der Waals surface area contributed by atoms with Gasteiger partial charge in [-0.15, -0.1) is 0 Å². The van der Waals surface area contributed by atoms with Gasteiger partial charge >= 0.3 is 0 Å². The molecule has 16 heavy (non-hydrogen) atoms. The molecule has 1 heterocycles. The first kappa shape index (κ1) is 12.7. The third-order valence-electron chi connectivity index (χ3n) is 2.18. The topological polar surface area (TPSA) is 35.5 Å². The Morgan fingerprint density at radius 3 is 2.50 bits per heavy atom. The van der Waals surface area contributed by atoms with E-state index in [-0.39, 0.29) is 5.78 Å². The quantitative estimate of drug-likeness (QED) is 0.771. The maximum atomic E-state index is 11.2. The van der Waals surface area contributed by atoms with E-state index in [4.69, 9.17) is 9.47 Å². The van der Waals surface area contributed by atoms with E-state index in [0.29, 0.717) is 13.0 Å². The number of para-hydroxylation sites is 1. The molecule has 0 saturated heterocycles. The maximum absolute atomic E-state index is 11.2. The third-order valence-corrected chi connectivity index (χ3v) is 2.18. The summed E-state index contributed by atoms with van der Waals surface area (Å²) in [4.78, 5) is 11.2. The molecular formula is C13H18O3. The van der Waals surface area contributed by atoms with E-state index in [0.717, 1.165) is 24.5 Å². The predicted molar refractivity (Wildman–Crippen MR) is 63.1 cm³/mol. The molecule has 1 aliphatic heterocycles. The molecule has 0 radical (unpaired) electrons. The molecule has 88 valence electrons. The lowest BCUT2D eigenvalue weighted by Gasteiger charge is -2.14. The fourth-order valence-corrected chi connectivity index (χ4v) is 1.42. The summed E-state index contributed by atoms with van der Waals surface area (Å²) in [6.07, 6.45) is 0.511. The van der Waals surface area contributed by atoms with Gasteiger partial charge in [-0.3, -0.25) is 4.79 Å². The molecule has 1 aromatic rings. The number of ketones is 1. The van der Waals surface area contributed by atoms with Gasteiger partial charge in [-0.2, -0.15) is 0 Å². The Labute approximate surface area is 96.4 Å². The number of hydrogen-bond acceptors (Lipinski definition) is 3. The van der Waals surface area contributed by atoms with Gasteiger partial charge in [-0.1, -0.05) is 12.1 Å². The van der Waals surface area contributed by atoms with E-state index in [1.807, 2.05) is 32.0 Å². The number of carbonyl (C=O) groups excluding carboxylic acids is 1. The van der Waals surface area contributed by atoms with Crippen LogP contribution in [0.5, 0.6) is 5.75 Å². The summed E-state index contributed by atoms with van der Waals surface area (Å²) in [5.41, 5.74) is 0.721. The van der Waals surface area contributed by atoms with E-state index in [9.17, 15) is 4.79 Å². The number of carbonyl (C=O) groups is 1. The molecule has 0 aliphatic carbocycles. The summed E-state index contributed by atoms with van der Waals surface area (Å²) in [6, 6.07) is 7.35. The first-order valence-electron chi connectivity index (χ1n) is 5.62. The SMILES string of the molecule is CCOCC.O=C1CCOc2ccccc21. The van der Waals surface area contributed by atoms with Crippen molar-refractivity contribution in [3.05, 3.63) is 29.8 Å². The van der Waals surface area contributed by atoms with Crippen LogP contribution in [0.1, 0.15) is 30.6 Å². The molecule has 0 N–H and O–H groups in total. The van der Waals surface area contributed by atoms with Crippen molar-refractivity contribution in [3.63, 3.8) is 0 Å². The molecule has 0 amide bonds. The minimum atomic E-state index is 0.187. The Balaban J connectivity index is 0.000000221. The van der Waals surface area contributed by atoms with Crippen molar-refractivity contribution < 1.29 is 14.3 Å². The highest BCUT2D eigenvalue weighted by molar-refractivity contribution is 5.99. The van der Waals surface area contributed by atoms with Crippen LogP contribution in [-0.2, 0) is 4.74 Å². The van der Waals surface area contributed by atoms with Crippen LogP contribution in [0, 0.1) is 0 Å². The van der Waals surface area contributed by atoms with Crippen LogP contribution in [0.25, 0.3) is 0 Å². The highest BCUT2D eigenvalue weighted by Crippen LogP contribution is 2.23. The number of rotatable bonds is 2. The van der Waals surface area contributed by atoms with Gasteiger partial charge in [0.2, 0.25) is 0 Å². The van der Waals surface area contributed by atoms with Crippen LogP contribution in [0.3, 0.4) is 0 Å². The van der Waals surface area contributed by atoms with Gasteiger partial charge in [0.15, 0.2) is 5.78 Å². The van der Waals surface area contributed by atoms with Crippen LogP contribution in [-0.4, -0.2) is 25.6 Å².